The lowest BCUT2D eigenvalue weighted by Gasteiger charge is -2.37. The third-order valence-corrected chi connectivity index (χ3v) is 5.36. The molecule has 2 aliphatic rings. The van der Waals surface area contributed by atoms with Gasteiger partial charge >= 0.3 is 0 Å². The monoisotopic (exact) mass is 320 g/mol. The molecule has 1 aromatic rings. The standard InChI is InChI=1S/C18H32N4O/c1-15-12-22(13-16(2)23-15)11-7-17-5-9-21(10-6-17)14-18-4-8-19-20(18)3/h4,8,15-17H,5-7,9-14H2,1-3H3/t15-,16+. The van der Waals surface area contributed by atoms with Gasteiger partial charge in [0.2, 0.25) is 0 Å². The predicted molar refractivity (Wildman–Crippen MR) is 92.3 cm³/mol. The Morgan fingerprint density at radius 1 is 1.13 bits per heavy atom. The molecule has 0 unspecified atom stereocenters. The molecular weight excluding hydrogens is 288 g/mol. The van der Waals surface area contributed by atoms with Gasteiger partial charge in [0.25, 0.3) is 0 Å². The number of aryl methyl sites for hydroxylation is 1. The first-order valence-corrected chi connectivity index (χ1v) is 9.17. The Labute approximate surface area is 140 Å². The summed E-state index contributed by atoms with van der Waals surface area (Å²) in [5.74, 6) is 0.895. The van der Waals surface area contributed by atoms with Crippen molar-refractivity contribution >= 4 is 0 Å². The molecule has 2 saturated heterocycles. The fourth-order valence-electron chi connectivity index (χ4n) is 4.05. The van der Waals surface area contributed by atoms with Crippen molar-refractivity contribution in [2.45, 2.75) is 51.9 Å². The van der Waals surface area contributed by atoms with Crippen LogP contribution in [0.5, 0.6) is 0 Å². The SMILES string of the molecule is C[C@@H]1CN(CCC2CCN(Cc3ccnn3C)CC2)C[C@H](C)O1. The van der Waals surface area contributed by atoms with Crippen molar-refractivity contribution in [1.29, 1.82) is 0 Å². The van der Waals surface area contributed by atoms with E-state index in [2.05, 4.69) is 34.8 Å². The van der Waals surface area contributed by atoms with Gasteiger partial charge < -0.3 is 4.74 Å². The summed E-state index contributed by atoms with van der Waals surface area (Å²) >= 11 is 0. The molecule has 3 rings (SSSR count). The zero-order valence-electron chi connectivity index (χ0n) is 14.9. The van der Waals surface area contributed by atoms with Crippen LogP contribution in [-0.4, -0.2) is 64.5 Å². The molecule has 5 nitrogen and oxygen atoms in total. The predicted octanol–water partition coefficient (Wildman–Crippen LogP) is 2.13. The zero-order valence-corrected chi connectivity index (χ0v) is 14.9. The Hall–Kier alpha value is -0.910. The van der Waals surface area contributed by atoms with Crippen LogP contribution in [0.2, 0.25) is 0 Å². The quantitative estimate of drug-likeness (QED) is 0.832. The van der Waals surface area contributed by atoms with E-state index >= 15 is 0 Å². The summed E-state index contributed by atoms with van der Waals surface area (Å²) in [6.07, 6.45) is 6.70. The topological polar surface area (TPSA) is 33.5 Å². The summed E-state index contributed by atoms with van der Waals surface area (Å²) in [6.45, 7) is 11.3. The highest BCUT2D eigenvalue weighted by atomic mass is 16.5. The second kappa shape index (κ2) is 7.77. The lowest BCUT2D eigenvalue weighted by atomic mass is 9.93. The highest BCUT2D eigenvalue weighted by molar-refractivity contribution is 5.00. The zero-order chi connectivity index (χ0) is 16.2. The van der Waals surface area contributed by atoms with Crippen molar-refractivity contribution in [3.63, 3.8) is 0 Å². The largest absolute Gasteiger partial charge is 0.373 e. The molecule has 23 heavy (non-hydrogen) atoms. The van der Waals surface area contributed by atoms with Gasteiger partial charge in [0.05, 0.1) is 17.9 Å². The van der Waals surface area contributed by atoms with Gasteiger partial charge in [-0.1, -0.05) is 0 Å². The van der Waals surface area contributed by atoms with E-state index in [-0.39, 0.29) is 0 Å². The van der Waals surface area contributed by atoms with Crippen molar-refractivity contribution in [2.24, 2.45) is 13.0 Å². The van der Waals surface area contributed by atoms with E-state index in [1.54, 1.807) is 0 Å². The molecule has 5 heteroatoms. The first-order chi connectivity index (χ1) is 11.1. The van der Waals surface area contributed by atoms with Crippen LogP contribution in [0.25, 0.3) is 0 Å². The number of ether oxygens (including phenoxy) is 1. The lowest BCUT2D eigenvalue weighted by molar-refractivity contribution is -0.0693. The van der Waals surface area contributed by atoms with Crippen LogP contribution >= 0.6 is 0 Å². The maximum atomic E-state index is 5.83. The summed E-state index contributed by atoms with van der Waals surface area (Å²) in [5.41, 5.74) is 1.32. The molecule has 3 heterocycles. The van der Waals surface area contributed by atoms with Gasteiger partial charge in [-0.15, -0.1) is 0 Å². The summed E-state index contributed by atoms with van der Waals surface area (Å²) < 4.78 is 7.82. The number of aromatic nitrogens is 2. The van der Waals surface area contributed by atoms with Crippen LogP contribution in [0.15, 0.2) is 12.3 Å². The van der Waals surface area contributed by atoms with E-state index in [4.69, 9.17) is 4.74 Å². The molecule has 130 valence electrons. The Bertz CT molecular complexity index is 471. The first-order valence-electron chi connectivity index (χ1n) is 9.17. The van der Waals surface area contributed by atoms with E-state index in [1.807, 2.05) is 17.9 Å². The van der Waals surface area contributed by atoms with Gasteiger partial charge in [0.1, 0.15) is 0 Å². The van der Waals surface area contributed by atoms with Crippen molar-refractivity contribution in [3.05, 3.63) is 18.0 Å². The smallest absolute Gasteiger partial charge is 0.0678 e. The summed E-state index contributed by atoms with van der Waals surface area (Å²) in [5, 5.41) is 4.26. The van der Waals surface area contributed by atoms with E-state index in [0.717, 1.165) is 25.6 Å². The van der Waals surface area contributed by atoms with E-state index in [0.29, 0.717) is 12.2 Å². The minimum absolute atomic E-state index is 0.388. The molecule has 2 fully saturated rings. The molecule has 0 N–H and O–H groups in total. The molecule has 0 saturated carbocycles. The number of piperidine rings is 1. The number of morpholine rings is 1. The lowest BCUT2D eigenvalue weighted by Crippen LogP contribution is -2.46. The molecule has 0 radical (unpaired) electrons. The molecule has 0 amide bonds. The molecule has 0 bridgehead atoms. The number of rotatable bonds is 5. The third kappa shape index (κ3) is 4.78. The Morgan fingerprint density at radius 2 is 1.83 bits per heavy atom. The van der Waals surface area contributed by atoms with Gasteiger partial charge in [0.15, 0.2) is 0 Å². The normalized spacial score (nSPS) is 28.3. The van der Waals surface area contributed by atoms with Crippen LogP contribution in [-0.2, 0) is 18.3 Å². The average Bonchev–Trinajstić information content (AvgIpc) is 2.91. The highest BCUT2D eigenvalue weighted by Crippen LogP contribution is 2.23. The van der Waals surface area contributed by atoms with Crippen molar-refractivity contribution < 1.29 is 4.74 Å². The molecule has 0 aromatic carbocycles. The molecule has 1 aromatic heterocycles. The van der Waals surface area contributed by atoms with Crippen LogP contribution in [0.4, 0.5) is 0 Å². The number of hydrogen-bond acceptors (Lipinski definition) is 4. The maximum Gasteiger partial charge on any atom is 0.0678 e. The van der Waals surface area contributed by atoms with Crippen molar-refractivity contribution in [3.8, 4) is 0 Å². The van der Waals surface area contributed by atoms with Gasteiger partial charge in [-0.25, -0.2) is 0 Å². The fourth-order valence-corrected chi connectivity index (χ4v) is 4.05. The molecule has 0 spiro atoms. The summed E-state index contributed by atoms with van der Waals surface area (Å²) in [6, 6.07) is 2.13. The van der Waals surface area contributed by atoms with Gasteiger partial charge in [0, 0.05) is 32.9 Å². The summed E-state index contributed by atoms with van der Waals surface area (Å²) in [7, 11) is 2.03. The molecule has 0 aliphatic carbocycles. The Morgan fingerprint density at radius 3 is 2.43 bits per heavy atom. The maximum absolute atomic E-state index is 5.83. The first kappa shape index (κ1) is 16.9. The van der Waals surface area contributed by atoms with Crippen LogP contribution in [0.1, 0.15) is 38.8 Å². The Balaban J connectivity index is 1.37. The van der Waals surface area contributed by atoms with Gasteiger partial charge in [-0.2, -0.15) is 5.10 Å². The fraction of sp³-hybridized carbons (Fsp3) is 0.833. The number of likely N-dealkylation sites (tertiary alicyclic amines) is 1. The minimum atomic E-state index is 0.388. The van der Waals surface area contributed by atoms with Gasteiger partial charge in [-0.05, 0) is 64.7 Å². The van der Waals surface area contributed by atoms with E-state index in [1.165, 1.54) is 44.6 Å². The van der Waals surface area contributed by atoms with Crippen molar-refractivity contribution in [2.75, 3.05) is 32.7 Å². The number of hydrogen-bond donors (Lipinski definition) is 0. The second-order valence-electron chi connectivity index (χ2n) is 7.47. The van der Waals surface area contributed by atoms with E-state index in [9.17, 15) is 0 Å². The highest BCUT2D eigenvalue weighted by Gasteiger charge is 2.24. The van der Waals surface area contributed by atoms with E-state index < -0.39 is 0 Å². The molecule has 2 atom stereocenters. The van der Waals surface area contributed by atoms with Crippen molar-refractivity contribution in [1.82, 2.24) is 19.6 Å². The van der Waals surface area contributed by atoms with Gasteiger partial charge in [-0.3, -0.25) is 14.5 Å². The van der Waals surface area contributed by atoms with Crippen LogP contribution in [0, 0.1) is 5.92 Å². The third-order valence-electron chi connectivity index (χ3n) is 5.36. The van der Waals surface area contributed by atoms with Crippen LogP contribution < -0.4 is 0 Å². The average molecular weight is 320 g/mol. The minimum Gasteiger partial charge on any atom is -0.373 e. The second-order valence-corrected chi connectivity index (χ2v) is 7.47. The molecular formula is C18H32N4O. The number of nitrogens with zero attached hydrogens (tertiary/aromatic N) is 4. The Kier molecular flexibility index (Phi) is 5.72. The summed E-state index contributed by atoms with van der Waals surface area (Å²) in [4.78, 5) is 5.17. The van der Waals surface area contributed by atoms with Crippen LogP contribution in [0.3, 0.4) is 0 Å². The molecule has 2 aliphatic heterocycles.